The number of rotatable bonds is 14. The molecule has 0 radical (unpaired) electrons. The first kappa shape index (κ1) is 28.6. The molecular weight excluding hydrogens is 396 g/mol. The summed E-state index contributed by atoms with van der Waals surface area (Å²) in [7, 11) is 0. The minimum Gasteiger partial charge on any atom is -0.507 e. The van der Waals surface area contributed by atoms with Gasteiger partial charge in [-0.1, -0.05) is 91.2 Å². The fourth-order valence-electron chi connectivity index (χ4n) is 4.48. The van der Waals surface area contributed by atoms with Crippen molar-refractivity contribution in [3.8, 4) is 11.5 Å². The highest BCUT2D eigenvalue weighted by atomic mass is 16.3. The molecule has 0 aliphatic carbocycles. The average Bonchev–Trinajstić information content (AvgIpc) is 2.70. The molecule has 1 aromatic carbocycles. The Morgan fingerprint density at radius 3 is 1.72 bits per heavy atom. The lowest BCUT2D eigenvalue weighted by Crippen LogP contribution is -2.20. The van der Waals surface area contributed by atoms with Crippen molar-refractivity contribution >= 4 is 6.08 Å². The quantitative estimate of drug-likeness (QED) is 0.252. The first-order valence-corrected chi connectivity index (χ1v) is 12.8. The Morgan fingerprint density at radius 1 is 0.719 bits per heavy atom. The summed E-state index contributed by atoms with van der Waals surface area (Å²) >= 11 is 0. The number of hydrogen-bond donors (Lipinski definition) is 3. The Bertz CT molecular complexity index is 701. The third-order valence-corrected chi connectivity index (χ3v) is 7.15. The fourth-order valence-corrected chi connectivity index (χ4v) is 4.48. The van der Waals surface area contributed by atoms with Crippen molar-refractivity contribution in [2.75, 3.05) is 0 Å². The van der Waals surface area contributed by atoms with Crippen LogP contribution in [0.25, 0.3) is 6.08 Å². The summed E-state index contributed by atoms with van der Waals surface area (Å²) in [6.07, 6.45) is 14.3. The van der Waals surface area contributed by atoms with Crippen LogP contribution in [0.2, 0.25) is 0 Å². The lowest BCUT2D eigenvalue weighted by atomic mass is 9.89. The number of aromatic hydroxyl groups is 2. The van der Waals surface area contributed by atoms with E-state index in [0.29, 0.717) is 34.6 Å². The minimum absolute atomic E-state index is 0.178. The molecule has 0 saturated heterocycles. The van der Waals surface area contributed by atoms with Crippen molar-refractivity contribution in [2.45, 2.75) is 119 Å². The van der Waals surface area contributed by atoms with Gasteiger partial charge in [0.2, 0.25) is 0 Å². The summed E-state index contributed by atoms with van der Waals surface area (Å²) in [6.45, 7) is 16.5. The molecule has 3 atom stereocenters. The second kappa shape index (κ2) is 13.3. The smallest absolute Gasteiger partial charge is 0.126 e. The molecule has 184 valence electrons. The van der Waals surface area contributed by atoms with Crippen LogP contribution >= 0.6 is 0 Å². The van der Waals surface area contributed by atoms with Crippen LogP contribution in [0.4, 0.5) is 0 Å². The van der Waals surface area contributed by atoms with Gasteiger partial charge in [0.15, 0.2) is 0 Å². The van der Waals surface area contributed by atoms with E-state index < -0.39 is 5.60 Å². The molecule has 1 rings (SSSR count). The molecule has 0 amide bonds. The van der Waals surface area contributed by atoms with Gasteiger partial charge in [0.1, 0.15) is 11.5 Å². The number of hydrogen-bond acceptors (Lipinski definition) is 3. The Labute approximate surface area is 198 Å². The van der Waals surface area contributed by atoms with Crippen molar-refractivity contribution < 1.29 is 15.3 Å². The van der Waals surface area contributed by atoms with Crippen LogP contribution in [0.5, 0.6) is 11.5 Å². The first-order chi connectivity index (χ1) is 14.9. The van der Waals surface area contributed by atoms with Gasteiger partial charge in [-0.05, 0) is 63.0 Å². The molecule has 3 nitrogen and oxygen atoms in total. The molecule has 0 aliphatic rings. The van der Waals surface area contributed by atoms with Crippen molar-refractivity contribution in [3.63, 3.8) is 0 Å². The molecule has 3 heteroatoms. The molecule has 32 heavy (non-hydrogen) atoms. The van der Waals surface area contributed by atoms with E-state index in [0.717, 1.165) is 24.7 Å². The maximum atomic E-state index is 10.8. The predicted molar refractivity (Wildman–Crippen MR) is 138 cm³/mol. The first-order valence-electron chi connectivity index (χ1n) is 12.8. The van der Waals surface area contributed by atoms with Crippen molar-refractivity contribution in [1.82, 2.24) is 0 Å². The van der Waals surface area contributed by atoms with Crippen LogP contribution in [-0.4, -0.2) is 20.9 Å². The molecule has 0 fully saturated rings. The lowest BCUT2D eigenvalue weighted by molar-refractivity contribution is 0.0979. The van der Waals surface area contributed by atoms with Gasteiger partial charge >= 0.3 is 0 Å². The molecule has 0 spiro atoms. The molecule has 3 unspecified atom stereocenters. The number of phenolic OH excluding ortho intramolecular Hbond substituents is 2. The topological polar surface area (TPSA) is 60.7 Å². The number of aliphatic hydroxyl groups is 1. The fraction of sp³-hybridized carbons (Fsp3) is 0.724. The van der Waals surface area contributed by atoms with Crippen LogP contribution in [0, 0.1) is 38.5 Å². The highest BCUT2D eigenvalue weighted by molar-refractivity contribution is 5.69. The van der Waals surface area contributed by atoms with E-state index in [-0.39, 0.29) is 11.5 Å². The van der Waals surface area contributed by atoms with Gasteiger partial charge < -0.3 is 15.3 Å². The lowest BCUT2D eigenvalue weighted by Gasteiger charge is -2.21. The van der Waals surface area contributed by atoms with Crippen molar-refractivity contribution in [3.05, 3.63) is 28.3 Å². The zero-order valence-electron chi connectivity index (χ0n) is 22.1. The van der Waals surface area contributed by atoms with Crippen molar-refractivity contribution in [1.29, 1.82) is 0 Å². The molecular formula is C29H50O3. The van der Waals surface area contributed by atoms with Gasteiger partial charge in [0.25, 0.3) is 0 Å². The van der Waals surface area contributed by atoms with Crippen molar-refractivity contribution in [2.24, 2.45) is 17.8 Å². The van der Waals surface area contributed by atoms with E-state index in [1.807, 2.05) is 6.92 Å². The van der Waals surface area contributed by atoms with Gasteiger partial charge in [-0.15, -0.1) is 0 Å². The molecule has 0 saturated carbocycles. The Balaban J connectivity index is 2.44. The van der Waals surface area contributed by atoms with E-state index in [9.17, 15) is 15.3 Å². The van der Waals surface area contributed by atoms with Crippen LogP contribution in [0.15, 0.2) is 6.08 Å². The van der Waals surface area contributed by atoms with E-state index in [2.05, 4.69) is 27.7 Å². The SMILES string of the molecule is Cc1c(C)c(O)c(/C=C/C(C)(O)CCCC(C)CCCC(C)CCCC(C)C)c(C)c1O. The maximum Gasteiger partial charge on any atom is 0.126 e. The van der Waals surface area contributed by atoms with Crippen LogP contribution in [0.1, 0.15) is 115 Å². The zero-order valence-corrected chi connectivity index (χ0v) is 22.1. The molecule has 3 N–H and O–H groups in total. The zero-order chi connectivity index (χ0) is 24.5. The molecule has 1 aromatic rings. The maximum absolute atomic E-state index is 10.8. The van der Waals surface area contributed by atoms with E-state index in [1.165, 1.54) is 38.5 Å². The normalized spacial score (nSPS) is 15.9. The summed E-state index contributed by atoms with van der Waals surface area (Å²) in [5.41, 5.74) is 1.67. The Hall–Kier alpha value is -1.48. The van der Waals surface area contributed by atoms with Gasteiger partial charge in [0, 0.05) is 11.1 Å². The molecule has 0 heterocycles. The monoisotopic (exact) mass is 446 g/mol. The van der Waals surface area contributed by atoms with E-state index >= 15 is 0 Å². The number of benzene rings is 1. The third-order valence-electron chi connectivity index (χ3n) is 7.15. The van der Waals surface area contributed by atoms with Gasteiger partial charge in [0.05, 0.1) is 5.60 Å². The summed E-state index contributed by atoms with van der Waals surface area (Å²) in [5.74, 6) is 2.72. The Morgan fingerprint density at radius 2 is 1.19 bits per heavy atom. The van der Waals surface area contributed by atoms with Crippen LogP contribution in [0.3, 0.4) is 0 Å². The van der Waals surface area contributed by atoms with Crippen LogP contribution < -0.4 is 0 Å². The minimum atomic E-state index is -0.933. The number of phenols is 2. The van der Waals surface area contributed by atoms with Crippen LogP contribution in [-0.2, 0) is 0 Å². The highest BCUT2D eigenvalue weighted by Gasteiger charge is 2.19. The molecule has 0 aliphatic heterocycles. The van der Waals surface area contributed by atoms with Gasteiger partial charge in [-0.25, -0.2) is 0 Å². The van der Waals surface area contributed by atoms with Gasteiger partial charge in [-0.3, -0.25) is 0 Å². The molecule has 0 aromatic heterocycles. The predicted octanol–water partition coefficient (Wildman–Crippen LogP) is 8.23. The summed E-state index contributed by atoms with van der Waals surface area (Å²) in [5, 5.41) is 31.6. The Kier molecular flexibility index (Phi) is 11.9. The van der Waals surface area contributed by atoms with E-state index in [4.69, 9.17) is 0 Å². The van der Waals surface area contributed by atoms with E-state index in [1.54, 1.807) is 32.9 Å². The standard InChI is InChI=1S/C29H50O3/c1-20(2)12-9-13-21(3)14-10-15-22(4)16-11-18-29(8,32)19-17-26-25(7)27(30)23(5)24(6)28(26)31/h17,19-22,30-32H,9-16,18H2,1-8H3/b19-17+. The molecule has 0 bridgehead atoms. The van der Waals surface area contributed by atoms with Gasteiger partial charge in [-0.2, -0.15) is 0 Å². The average molecular weight is 447 g/mol. The third kappa shape index (κ3) is 9.57. The largest absolute Gasteiger partial charge is 0.507 e. The summed E-state index contributed by atoms with van der Waals surface area (Å²) < 4.78 is 0. The second-order valence-electron chi connectivity index (χ2n) is 11.0. The highest BCUT2D eigenvalue weighted by Crippen LogP contribution is 2.37. The second-order valence-corrected chi connectivity index (χ2v) is 11.0. The summed E-state index contributed by atoms with van der Waals surface area (Å²) in [4.78, 5) is 0. The summed E-state index contributed by atoms with van der Waals surface area (Å²) in [6, 6.07) is 0.